The van der Waals surface area contributed by atoms with Crippen molar-refractivity contribution in [3.05, 3.63) is 46.1 Å². The highest BCUT2D eigenvalue weighted by molar-refractivity contribution is 6.02. The SMILES string of the molecule is CC(=O)c1cccc(NC(=O)c2nn(C)c(=O)[nH]2)c1. The van der Waals surface area contributed by atoms with Crippen molar-refractivity contribution in [1.29, 1.82) is 0 Å². The summed E-state index contributed by atoms with van der Waals surface area (Å²) < 4.78 is 1.03. The number of benzene rings is 1. The van der Waals surface area contributed by atoms with Crippen molar-refractivity contribution in [1.82, 2.24) is 14.8 Å². The molecule has 0 bridgehead atoms. The molecular weight excluding hydrogens is 248 g/mol. The van der Waals surface area contributed by atoms with Crippen LogP contribution >= 0.6 is 0 Å². The molecular formula is C12H12N4O3. The summed E-state index contributed by atoms with van der Waals surface area (Å²) in [5.74, 6) is -0.721. The lowest BCUT2D eigenvalue weighted by atomic mass is 10.1. The number of aromatic amines is 1. The lowest BCUT2D eigenvalue weighted by Gasteiger charge is -2.04. The third-order valence-electron chi connectivity index (χ3n) is 2.51. The topological polar surface area (TPSA) is 96.8 Å². The Labute approximate surface area is 108 Å². The van der Waals surface area contributed by atoms with E-state index in [9.17, 15) is 14.4 Å². The average Bonchev–Trinajstić information content (AvgIpc) is 2.70. The van der Waals surface area contributed by atoms with Crippen molar-refractivity contribution in [2.45, 2.75) is 6.92 Å². The van der Waals surface area contributed by atoms with Crippen molar-refractivity contribution in [3.8, 4) is 0 Å². The number of aryl methyl sites for hydroxylation is 1. The van der Waals surface area contributed by atoms with Crippen molar-refractivity contribution in [3.63, 3.8) is 0 Å². The maximum atomic E-state index is 11.8. The summed E-state index contributed by atoms with van der Waals surface area (Å²) in [6.07, 6.45) is 0. The number of aromatic nitrogens is 3. The summed E-state index contributed by atoms with van der Waals surface area (Å²) in [7, 11) is 1.44. The number of rotatable bonds is 3. The molecule has 1 amide bonds. The minimum absolute atomic E-state index is 0.0827. The van der Waals surface area contributed by atoms with Crippen molar-refractivity contribution >= 4 is 17.4 Å². The largest absolute Gasteiger partial charge is 0.343 e. The summed E-state index contributed by atoms with van der Waals surface area (Å²) in [4.78, 5) is 36.5. The maximum absolute atomic E-state index is 11.8. The molecule has 0 atom stereocenters. The number of carbonyl (C=O) groups is 2. The zero-order valence-corrected chi connectivity index (χ0v) is 10.4. The number of carbonyl (C=O) groups excluding carboxylic acids is 2. The lowest BCUT2D eigenvalue weighted by Crippen LogP contribution is -2.15. The van der Waals surface area contributed by atoms with Crippen LogP contribution in [-0.2, 0) is 7.05 Å². The monoisotopic (exact) mass is 260 g/mol. The predicted molar refractivity (Wildman–Crippen MR) is 68.2 cm³/mol. The Balaban J connectivity index is 2.21. The van der Waals surface area contributed by atoms with Gasteiger partial charge in [0.25, 0.3) is 5.91 Å². The van der Waals surface area contributed by atoms with Gasteiger partial charge in [-0.15, -0.1) is 5.10 Å². The summed E-state index contributed by atoms with van der Waals surface area (Å²) in [6, 6.07) is 6.51. The van der Waals surface area contributed by atoms with E-state index in [0.717, 1.165) is 4.68 Å². The molecule has 2 rings (SSSR count). The lowest BCUT2D eigenvalue weighted by molar-refractivity contribution is 0.100. The molecule has 2 aromatic rings. The molecule has 0 saturated carbocycles. The molecule has 0 aliphatic rings. The van der Waals surface area contributed by atoms with Gasteiger partial charge in [-0.05, 0) is 19.1 Å². The first-order valence-corrected chi connectivity index (χ1v) is 5.53. The van der Waals surface area contributed by atoms with Crippen LogP contribution in [0.5, 0.6) is 0 Å². The molecule has 0 spiro atoms. The Hall–Kier alpha value is -2.70. The Kier molecular flexibility index (Phi) is 3.28. The summed E-state index contributed by atoms with van der Waals surface area (Å²) in [5.41, 5.74) is 0.485. The quantitative estimate of drug-likeness (QED) is 0.788. The molecule has 0 saturated heterocycles. The smallest absolute Gasteiger partial charge is 0.319 e. The van der Waals surface area contributed by atoms with Gasteiger partial charge in [0.2, 0.25) is 5.82 Å². The second kappa shape index (κ2) is 4.89. The first kappa shape index (κ1) is 12.7. The Morgan fingerprint density at radius 3 is 2.68 bits per heavy atom. The fraction of sp³-hybridized carbons (Fsp3) is 0.167. The second-order valence-corrected chi connectivity index (χ2v) is 3.99. The zero-order chi connectivity index (χ0) is 14.0. The number of hydrogen-bond acceptors (Lipinski definition) is 4. The van der Waals surface area contributed by atoms with E-state index in [4.69, 9.17) is 0 Å². The number of H-pyrrole nitrogens is 1. The van der Waals surface area contributed by atoms with Crippen LogP contribution in [0, 0.1) is 0 Å². The van der Waals surface area contributed by atoms with Gasteiger partial charge in [-0.2, -0.15) is 0 Å². The van der Waals surface area contributed by atoms with Gasteiger partial charge in [-0.25, -0.2) is 9.48 Å². The number of ketones is 1. The van der Waals surface area contributed by atoms with E-state index >= 15 is 0 Å². The molecule has 1 heterocycles. The summed E-state index contributed by atoms with van der Waals surface area (Å²) >= 11 is 0. The van der Waals surface area contributed by atoms with Gasteiger partial charge in [0.15, 0.2) is 5.78 Å². The highest BCUT2D eigenvalue weighted by atomic mass is 16.2. The normalized spacial score (nSPS) is 10.2. The fourth-order valence-electron chi connectivity index (χ4n) is 1.51. The van der Waals surface area contributed by atoms with Crippen LogP contribution in [0.25, 0.3) is 0 Å². The molecule has 7 heteroatoms. The molecule has 19 heavy (non-hydrogen) atoms. The Morgan fingerprint density at radius 2 is 2.11 bits per heavy atom. The highest BCUT2D eigenvalue weighted by Crippen LogP contribution is 2.11. The second-order valence-electron chi connectivity index (χ2n) is 3.99. The van der Waals surface area contributed by atoms with Crippen LogP contribution in [0.2, 0.25) is 0 Å². The number of anilines is 1. The molecule has 1 aromatic heterocycles. The van der Waals surface area contributed by atoms with E-state index in [-0.39, 0.29) is 11.6 Å². The van der Waals surface area contributed by atoms with Gasteiger partial charge >= 0.3 is 5.69 Å². The van der Waals surface area contributed by atoms with Crippen molar-refractivity contribution < 1.29 is 9.59 Å². The predicted octanol–water partition coefficient (Wildman–Crippen LogP) is 0.563. The van der Waals surface area contributed by atoms with Crippen LogP contribution < -0.4 is 11.0 Å². The van der Waals surface area contributed by atoms with Gasteiger partial charge in [-0.3, -0.25) is 14.6 Å². The third-order valence-corrected chi connectivity index (χ3v) is 2.51. The molecule has 98 valence electrons. The number of nitrogens with one attached hydrogen (secondary N) is 2. The van der Waals surface area contributed by atoms with Gasteiger partial charge in [0.1, 0.15) is 0 Å². The average molecular weight is 260 g/mol. The van der Waals surface area contributed by atoms with Gasteiger partial charge in [-0.1, -0.05) is 12.1 Å². The summed E-state index contributed by atoms with van der Waals surface area (Å²) in [6.45, 7) is 1.44. The zero-order valence-electron chi connectivity index (χ0n) is 10.4. The number of amides is 1. The number of Topliss-reactive ketones (excluding diaryl/α,β-unsaturated/α-hetero) is 1. The maximum Gasteiger partial charge on any atom is 0.343 e. The Morgan fingerprint density at radius 1 is 1.37 bits per heavy atom. The molecule has 0 unspecified atom stereocenters. The van der Waals surface area contributed by atoms with Gasteiger partial charge in [0.05, 0.1) is 0 Å². The van der Waals surface area contributed by atoms with Gasteiger partial charge in [0, 0.05) is 18.3 Å². The van der Waals surface area contributed by atoms with E-state index < -0.39 is 11.6 Å². The fourth-order valence-corrected chi connectivity index (χ4v) is 1.51. The van der Waals surface area contributed by atoms with Crippen molar-refractivity contribution in [2.75, 3.05) is 5.32 Å². The van der Waals surface area contributed by atoms with Crippen LogP contribution in [0.3, 0.4) is 0 Å². The number of nitrogens with zero attached hydrogens (tertiary/aromatic N) is 2. The number of hydrogen-bond donors (Lipinski definition) is 2. The van der Waals surface area contributed by atoms with E-state index in [2.05, 4.69) is 15.4 Å². The Bertz CT molecular complexity index is 699. The van der Waals surface area contributed by atoms with Crippen LogP contribution in [-0.4, -0.2) is 26.5 Å². The first-order chi connectivity index (χ1) is 8.97. The van der Waals surface area contributed by atoms with E-state index in [1.807, 2.05) is 0 Å². The minimum atomic E-state index is -0.543. The van der Waals surface area contributed by atoms with Crippen LogP contribution in [0.15, 0.2) is 29.1 Å². The summed E-state index contributed by atoms with van der Waals surface area (Å²) in [5, 5.41) is 6.29. The third kappa shape index (κ3) is 2.76. The highest BCUT2D eigenvalue weighted by Gasteiger charge is 2.12. The van der Waals surface area contributed by atoms with E-state index in [0.29, 0.717) is 11.3 Å². The van der Waals surface area contributed by atoms with Gasteiger partial charge < -0.3 is 5.32 Å². The first-order valence-electron chi connectivity index (χ1n) is 5.53. The van der Waals surface area contributed by atoms with E-state index in [1.54, 1.807) is 24.3 Å². The molecule has 0 aliphatic carbocycles. The minimum Gasteiger partial charge on any atom is -0.319 e. The van der Waals surface area contributed by atoms with E-state index in [1.165, 1.54) is 14.0 Å². The molecule has 0 fully saturated rings. The van der Waals surface area contributed by atoms with Crippen LogP contribution in [0.1, 0.15) is 27.9 Å². The molecule has 7 nitrogen and oxygen atoms in total. The molecule has 0 aliphatic heterocycles. The molecule has 0 radical (unpaired) electrons. The standard InChI is InChI=1S/C12H12N4O3/c1-7(17)8-4-3-5-9(6-8)13-11(18)10-14-12(19)16(2)15-10/h3-6H,1-2H3,(H,13,18)(H,14,15,19). The van der Waals surface area contributed by atoms with Crippen molar-refractivity contribution in [2.24, 2.45) is 7.05 Å². The molecule has 1 aromatic carbocycles. The molecule has 2 N–H and O–H groups in total. The van der Waals surface area contributed by atoms with Crippen LogP contribution in [0.4, 0.5) is 5.69 Å².